The van der Waals surface area contributed by atoms with E-state index in [2.05, 4.69) is 23.5 Å². The van der Waals surface area contributed by atoms with Gasteiger partial charge in [0.1, 0.15) is 21.4 Å². The van der Waals surface area contributed by atoms with E-state index >= 15 is 0 Å². The first-order valence-corrected chi connectivity index (χ1v) is 17.6. The van der Waals surface area contributed by atoms with E-state index in [1.54, 1.807) is 13.0 Å². The van der Waals surface area contributed by atoms with E-state index in [9.17, 15) is 36.2 Å². The summed E-state index contributed by atoms with van der Waals surface area (Å²) in [4.78, 5) is 0. The first-order valence-electron chi connectivity index (χ1n) is 15.8. The Hall–Kier alpha value is -2.43. The summed E-state index contributed by atoms with van der Waals surface area (Å²) < 4.78 is 74.9. The van der Waals surface area contributed by atoms with Crippen molar-refractivity contribution in [2.24, 2.45) is 11.8 Å². The SMILES string of the molecule is C[C@H](O)CC(CCCS(=O)(=O)CCCC(F)(F)F)NCCCCCCC1=C(c2ccc(F)cc2)C=CCC2C=C(O)C=CC12. The van der Waals surface area contributed by atoms with E-state index in [-0.39, 0.29) is 35.2 Å². The first-order chi connectivity index (χ1) is 20.8. The van der Waals surface area contributed by atoms with E-state index in [1.165, 1.54) is 17.7 Å². The van der Waals surface area contributed by atoms with Crippen LogP contribution in [0.3, 0.4) is 0 Å². The van der Waals surface area contributed by atoms with Gasteiger partial charge in [0.2, 0.25) is 0 Å². The molecule has 0 spiro atoms. The van der Waals surface area contributed by atoms with E-state index in [4.69, 9.17) is 0 Å². The van der Waals surface area contributed by atoms with Gasteiger partial charge in [-0.3, -0.25) is 0 Å². The zero-order valence-corrected chi connectivity index (χ0v) is 26.4. The van der Waals surface area contributed by atoms with Crippen molar-refractivity contribution in [3.8, 4) is 0 Å². The number of rotatable bonds is 18. The molecule has 0 radical (unpaired) electrons. The molecule has 3 N–H and O–H groups in total. The summed E-state index contributed by atoms with van der Waals surface area (Å²) in [5.41, 5.74) is 3.38. The normalized spacial score (nSPS) is 20.3. The lowest BCUT2D eigenvalue weighted by molar-refractivity contribution is -0.134. The van der Waals surface area contributed by atoms with Crippen LogP contribution in [0, 0.1) is 17.7 Å². The molecule has 0 aromatic heterocycles. The quantitative estimate of drug-likeness (QED) is 0.112. The molecule has 4 atom stereocenters. The van der Waals surface area contributed by atoms with Crippen LogP contribution in [-0.4, -0.2) is 55.0 Å². The Kier molecular flexibility index (Phi) is 14.2. The molecular formula is C34H47F4NO4S. The van der Waals surface area contributed by atoms with Crippen molar-refractivity contribution in [1.29, 1.82) is 0 Å². The Bertz CT molecular complexity index is 1270. The van der Waals surface area contributed by atoms with E-state index in [1.807, 2.05) is 18.2 Å². The molecule has 0 aliphatic heterocycles. The molecule has 44 heavy (non-hydrogen) atoms. The van der Waals surface area contributed by atoms with Crippen LogP contribution in [0.2, 0.25) is 0 Å². The molecule has 246 valence electrons. The molecule has 0 amide bonds. The van der Waals surface area contributed by atoms with Crippen LogP contribution in [0.25, 0.3) is 5.57 Å². The van der Waals surface area contributed by atoms with Gasteiger partial charge in [0, 0.05) is 18.4 Å². The molecule has 0 heterocycles. The average molecular weight is 642 g/mol. The molecule has 10 heteroatoms. The van der Waals surface area contributed by atoms with Gasteiger partial charge in [-0.15, -0.1) is 0 Å². The topological polar surface area (TPSA) is 86.6 Å². The second-order valence-corrected chi connectivity index (χ2v) is 14.4. The molecule has 0 saturated heterocycles. The zero-order chi connectivity index (χ0) is 32.2. The van der Waals surface area contributed by atoms with Crippen molar-refractivity contribution in [2.45, 2.75) is 95.9 Å². The van der Waals surface area contributed by atoms with Crippen molar-refractivity contribution in [3.05, 3.63) is 77.4 Å². The summed E-state index contributed by atoms with van der Waals surface area (Å²) in [5, 5.41) is 23.4. The smallest absolute Gasteiger partial charge is 0.389 e. The third-order valence-electron chi connectivity index (χ3n) is 8.27. The van der Waals surface area contributed by atoms with Crippen LogP contribution in [0.4, 0.5) is 17.6 Å². The number of hydrogen-bond donors (Lipinski definition) is 3. The lowest BCUT2D eigenvalue weighted by Crippen LogP contribution is -2.33. The molecule has 5 nitrogen and oxygen atoms in total. The van der Waals surface area contributed by atoms with Crippen LogP contribution >= 0.6 is 0 Å². The molecule has 0 bridgehead atoms. The molecule has 3 rings (SSSR count). The number of sulfone groups is 1. The largest absolute Gasteiger partial charge is 0.508 e. The highest BCUT2D eigenvalue weighted by Gasteiger charge is 2.28. The van der Waals surface area contributed by atoms with Crippen LogP contribution in [0.15, 0.2) is 66.0 Å². The van der Waals surface area contributed by atoms with Gasteiger partial charge in [-0.25, -0.2) is 12.8 Å². The number of hydrogen-bond acceptors (Lipinski definition) is 5. The molecule has 1 aromatic carbocycles. The zero-order valence-electron chi connectivity index (χ0n) is 25.5. The number of nitrogens with one attached hydrogen (secondary N) is 1. The van der Waals surface area contributed by atoms with Crippen molar-refractivity contribution < 1.29 is 36.2 Å². The molecule has 0 fully saturated rings. The minimum atomic E-state index is -4.35. The second kappa shape index (κ2) is 17.3. The number of fused-ring (bicyclic) bond motifs is 1. The van der Waals surface area contributed by atoms with Crippen molar-refractivity contribution in [1.82, 2.24) is 5.32 Å². The van der Waals surface area contributed by atoms with Gasteiger partial charge in [0.15, 0.2) is 0 Å². The summed E-state index contributed by atoms with van der Waals surface area (Å²) in [6.07, 6.45) is 10.5. The van der Waals surface area contributed by atoms with Gasteiger partial charge < -0.3 is 15.5 Å². The number of halogens is 4. The molecule has 0 saturated carbocycles. The number of benzene rings is 1. The highest BCUT2D eigenvalue weighted by molar-refractivity contribution is 7.91. The fourth-order valence-corrected chi connectivity index (χ4v) is 7.51. The Morgan fingerprint density at radius 1 is 1.00 bits per heavy atom. The number of aliphatic hydroxyl groups excluding tert-OH is 2. The number of unbranched alkanes of at least 4 members (excludes halogenated alkanes) is 3. The number of alkyl halides is 3. The van der Waals surface area contributed by atoms with Crippen molar-refractivity contribution in [3.63, 3.8) is 0 Å². The van der Waals surface area contributed by atoms with Gasteiger partial charge in [-0.1, -0.05) is 48.8 Å². The Labute approximate surface area is 259 Å². The van der Waals surface area contributed by atoms with Crippen LogP contribution in [0.5, 0.6) is 0 Å². The predicted octanol–water partition coefficient (Wildman–Crippen LogP) is 8.00. The summed E-state index contributed by atoms with van der Waals surface area (Å²) in [6, 6.07) is 6.52. The van der Waals surface area contributed by atoms with Crippen molar-refractivity contribution in [2.75, 3.05) is 18.1 Å². The third-order valence-corrected chi connectivity index (χ3v) is 10.1. The lowest BCUT2D eigenvalue weighted by Gasteiger charge is -2.27. The van der Waals surface area contributed by atoms with Gasteiger partial charge in [-0.05, 0) is 106 Å². The lowest BCUT2D eigenvalue weighted by atomic mass is 9.77. The third kappa shape index (κ3) is 12.9. The average Bonchev–Trinajstić information content (AvgIpc) is 3.10. The summed E-state index contributed by atoms with van der Waals surface area (Å²) >= 11 is 0. The minimum absolute atomic E-state index is 0.0685. The van der Waals surface area contributed by atoms with E-state index < -0.39 is 40.7 Å². The number of allylic oxidation sites excluding steroid dienone is 7. The molecule has 3 unspecified atom stereocenters. The summed E-state index contributed by atoms with van der Waals surface area (Å²) in [6.45, 7) is 2.41. The summed E-state index contributed by atoms with van der Waals surface area (Å²) in [5.74, 6) is -0.262. The van der Waals surface area contributed by atoms with Crippen LogP contribution in [0.1, 0.15) is 83.1 Å². The number of aliphatic hydroxyl groups is 2. The van der Waals surface area contributed by atoms with Gasteiger partial charge >= 0.3 is 6.18 Å². The highest BCUT2D eigenvalue weighted by atomic mass is 32.2. The molecular weight excluding hydrogens is 594 g/mol. The maximum atomic E-state index is 13.6. The maximum absolute atomic E-state index is 13.6. The van der Waals surface area contributed by atoms with Gasteiger partial charge in [-0.2, -0.15) is 13.2 Å². The fraction of sp³-hybridized carbons (Fsp3) is 0.588. The Morgan fingerprint density at radius 2 is 1.70 bits per heavy atom. The van der Waals surface area contributed by atoms with Gasteiger partial charge in [0.05, 0.1) is 17.6 Å². The van der Waals surface area contributed by atoms with Crippen molar-refractivity contribution >= 4 is 15.4 Å². The molecule has 1 aromatic rings. The van der Waals surface area contributed by atoms with Crippen LogP contribution < -0.4 is 5.32 Å². The van der Waals surface area contributed by atoms with E-state index in [0.717, 1.165) is 56.2 Å². The summed E-state index contributed by atoms with van der Waals surface area (Å²) in [7, 11) is -3.54. The molecule has 2 aliphatic rings. The minimum Gasteiger partial charge on any atom is -0.508 e. The van der Waals surface area contributed by atoms with E-state index in [0.29, 0.717) is 19.3 Å². The molecule has 2 aliphatic carbocycles. The predicted molar refractivity (Wildman–Crippen MR) is 168 cm³/mol. The van der Waals surface area contributed by atoms with Crippen LogP contribution in [-0.2, 0) is 9.84 Å². The Morgan fingerprint density at radius 3 is 2.41 bits per heavy atom. The van der Waals surface area contributed by atoms with Gasteiger partial charge in [0.25, 0.3) is 0 Å². The first kappa shape index (κ1) is 36.0. The standard InChI is InChI=1S/C34H47F4NO4S/c1-25(40)23-29(10-7-21-44(42,43)22-8-19-34(36,37)38)39-20-5-3-2-4-11-33-31(26-13-15-28(35)16-14-26)12-6-9-27-24-30(41)17-18-32(27)33/h6,12-18,24-25,27,29,32,39-41H,2-5,7-11,19-23H2,1H3/t25-,27?,29?,32?/m0/s1. The second-order valence-electron chi connectivity index (χ2n) is 12.1. The monoisotopic (exact) mass is 641 g/mol. The Balaban J connectivity index is 1.46. The maximum Gasteiger partial charge on any atom is 0.389 e. The fourth-order valence-electron chi connectivity index (χ4n) is 6.11. The highest BCUT2D eigenvalue weighted by Crippen LogP contribution is 2.40.